The van der Waals surface area contributed by atoms with E-state index in [1.54, 1.807) is 0 Å². The molecule has 56 heavy (non-hydrogen) atoms. The van der Waals surface area contributed by atoms with E-state index in [0.29, 0.717) is 23.9 Å². The monoisotopic (exact) mass is 818 g/mol. The molecule has 0 radical (unpaired) electrons. The van der Waals surface area contributed by atoms with Gasteiger partial charge in [-0.05, 0) is 12.8 Å². The van der Waals surface area contributed by atoms with E-state index in [1.165, 1.54) is 180 Å². The molecule has 8 nitrogen and oxygen atoms in total. The molecule has 9 heteroatoms. The maximum atomic E-state index is 12.9. The molecule has 3 unspecified atom stereocenters. The Morgan fingerprint density at radius 1 is 0.536 bits per heavy atom. The summed E-state index contributed by atoms with van der Waals surface area (Å²) in [5.74, 6) is -0.139. The van der Waals surface area contributed by atoms with Crippen molar-refractivity contribution in [2.45, 2.75) is 257 Å². The molecule has 0 fully saturated rings. The van der Waals surface area contributed by atoms with Crippen molar-refractivity contribution in [3.05, 3.63) is 0 Å². The first-order valence-corrected chi connectivity index (χ1v) is 25.9. The molecule has 3 N–H and O–H groups in total. The maximum Gasteiger partial charge on any atom is 0.472 e. The largest absolute Gasteiger partial charge is 0.472 e. The highest BCUT2D eigenvalue weighted by Gasteiger charge is 2.28. The minimum atomic E-state index is -4.31. The summed E-state index contributed by atoms with van der Waals surface area (Å²) in [6, 6.07) is -0.753. The number of rotatable bonds is 45. The van der Waals surface area contributed by atoms with Crippen molar-refractivity contribution < 1.29 is 32.9 Å². The highest BCUT2D eigenvalue weighted by molar-refractivity contribution is 7.47. The van der Waals surface area contributed by atoms with E-state index in [0.717, 1.165) is 38.5 Å². The first-order chi connectivity index (χ1) is 27.0. The van der Waals surface area contributed by atoms with Crippen LogP contribution in [-0.4, -0.2) is 73.4 Å². The molecular formula is C47H98N2O6P+. The molecule has 0 saturated carbocycles. The Bertz CT molecular complexity index is 885. The molecule has 1 amide bonds. The minimum Gasteiger partial charge on any atom is -0.391 e. The van der Waals surface area contributed by atoms with Gasteiger partial charge in [0.25, 0.3) is 0 Å². The Kier molecular flexibility index (Phi) is 39.6. The Hall–Kier alpha value is -0.500. The summed E-state index contributed by atoms with van der Waals surface area (Å²) in [5, 5.41) is 14.0. The predicted molar refractivity (Wildman–Crippen MR) is 240 cm³/mol. The number of amides is 1. The molecule has 0 aliphatic carbocycles. The highest BCUT2D eigenvalue weighted by atomic mass is 31.2. The smallest absolute Gasteiger partial charge is 0.391 e. The van der Waals surface area contributed by atoms with Crippen molar-refractivity contribution in [1.82, 2.24) is 5.32 Å². The van der Waals surface area contributed by atoms with Crippen LogP contribution in [0.5, 0.6) is 0 Å². The summed E-state index contributed by atoms with van der Waals surface area (Å²) in [5.41, 5.74) is 0. The second-order valence-electron chi connectivity index (χ2n) is 18.2. The Morgan fingerprint density at radius 3 is 1.20 bits per heavy atom. The van der Waals surface area contributed by atoms with E-state index in [9.17, 15) is 19.4 Å². The third-order valence-electron chi connectivity index (χ3n) is 11.4. The summed E-state index contributed by atoms with van der Waals surface area (Å²) < 4.78 is 23.7. The SMILES string of the molecule is CCCCCCCCCCCCCCCCCCCCC(O)C(COP(=O)(O)OCC[N+](C)(C)C)NC(=O)CCCCCCCCCCCCCCCCCC. The van der Waals surface area contributed by atoms with Crippen LogP contribution in [0.25, 0.3) is 0 Å². The van der Waals surface area contributed by atoms with Crippen LogP contribution in [0.1, 0.15) is 245 Å². The first kappa shape index (κ1) is 55.5. The van der Waals surface area contributed by atoms with Crippen molar-refractivity contribution in [2.75, 3.05) is 40.9 Å². The van der Waals surface area contributed by atoms with Gasteiger partial charge in [-0.15, -0.1) is 0 Å². The third-order valence-corrected chi connectivity index (χ3v) is 12.3. The highest BCUT2D eigenvalue weighted by Crippen LogP contribution is 2.43. The Balaban J connectivity index is 4.27. The first-order valence-electron chi connectivity index (χ1n) is 24.4. The maximum absolute atomic E-state index is 12.9. The number of quaternary nitrogens is 1. The van der Waals surface area contributed by atoms with Gasteiger partial charge >= 0.3 is 7.82 Å². The van der Waals surface area contributed by atoms with Gasteiger partial charge < -0.3 is 19.8 Å². The number of nitrogens with zero attached hydrogens (tertiary/aromatic N) is 1. The van der Waals surface area contributed by atoms with Gasteiger partial charge in [-0.3, -0.25) is 13.8 Å². The van der Waals surface area contributed by atoms with Crippen LogP contribution in [0.3, 0.4) is 0 Å². The van der Waals surface area contributed by atoms with Crippen LogP contribution >= 0.6 is 7.82 Å². The van der Waals surface area contributed by atoms with Crippen molar-refractivity contribution in [2.24, 2.45) is 0 Å². The predicted octanol–water partition coefficient (Wildman–Crippen LogP) is 13.8. The number of nitrogens with one attached hydrogen (secondary N) is 1. The normalized spacial score (nSPS) is 14.2. The zero-order valence-corrected chi connectivity index (χ0v) is 39.0. The van der Waals surface area contributed by atoms with Gasteiger partial charge in [-0.25, -0.2) is 4.57 Å². The van der Waals surface area contributed by atoms with Gasteiger partial charge in [0.15, 0.2) is 0 Å². The lowest BCUT2D eigenvalue weighted by Crippen LogP contribution is -2.46. The molecule has 0 rings (SSSR count). The van der Waals surface area contributed by atoms with E-state index in [4.69, 9.17) is 9.05 Å². The quantitative estimate of drug-likeness (QED) is 0.0321. The van der Waals surface area contributed by atoms with Crippen LogP contribution in [0, 0.1) is 0 Å². The van der Waals surface area contributed by atoms with E-state index in [2.05, 4.69) is 19.2 Å². The van der Waals surface area contributed by atoms with Crippen molar-refractivity contribution in [1.29, 1.82) is 0 Å². The summed E-state index contributed by atoms with van der Waals surface area (Å²) in [4.78, 5) is 23.2. The second-order valence-corrected chi connectivity index (χ2v) is 19.7. The van der Waals surface area contributed by atoms with Gasteiger partial charge in [0.1, 0.15) is 13.2 Å². The molecule has 0 heterocycles. The number of hydrogen-bond donors (Lipinski definition) is 3. The van der Waals surface area contributed by atoms with Gasteiger partial charge in [0.2, 0.25) is 5.91 Å². The lowest BCUT2D eigenvalue weighted by molar-refractivity contribution is -0.870. The molecule has 0 spiro atoms. The fourth-order valence-corrected chi connectivity index (χ4v) is 8.20. The van der Waals surface area contributed by atoms with E-state index >= 15 is 0 Å². The number of phosphoric acid groups is 1. The van der Waals surface area contributed by atoms with Crippen molar-refractivity contribution >= 4 is 13.7 Å². The fraction of sp³-hybridized carbons (Fsp3) is 0.979. The van der Waals surface area contributed by atoms with Gasteiger partial charge in [0, 0.05) is 6.42 Å². The van der Waals surface area contributed by atoms with E-state index < -0.39 is 20.0 Å². The van der Waals surface area contributed by atoms with Crippen LogP contribution in [0.4, 0.5) is 0 Å². The Morgan fingerprint density at radius 2 is 0.857 bits per heavy atom. The molecule has 0 saturated heterocycles. The topological polar surface area (TPSA) is 105 Å². The average molecular weight is 818 g/mol. The molecule has 336 valence electrons. The number of likely N-dealkylation sites (N-methyl/N-ethyl adjacent to an activating group) is 1. The van der Waals surface area contributed by atoms with E-state index in [-0.39, 0.29) is 19.1 Å². The fourth-order valence-electron chi connectivity index (χ4n) is 7.46. The molecule has 0 aromatic heterocycles. The molecule has 3 atom stereocenters. The zero-order chi connectivity index (χ0) is 41.4. The number of carbonyl (C=O) groups is 1. The lowest BCUT2D eigenvalue weighted by atomic mass is 10.0. The van der Waals surface area contributed by atoms with E-state index in [1.807, 2.05) is 21.1 Å². The second kappa shape index (κ2) is 39.9. The summed E-state index contributed by atoms with van der Waals surface area (Å²) in [7, 11) is 1.63. The number of phosphoric ester groups is 1. The molecule has 0 bridgehead atoms. The summed E-state index contributed by atoms with van der Waals surface area (Å²) >= 11 is 0. The lowest BCUT2D eigenvalue weighted by Gasteiger charge is -2.26. The van der Waals surface area contributed by atoms with Crippen molar-refractivity contribution in [3.8, 4) is 0 Å². The number of unbranched alkanes of at least 4 members (excludes halogenated alkanes) is 32. The molecule has 0 aliphatic heterocycles. The van der Waals surface area contributed by atoms with Crippen molar-refractivity contribution in [3.63, 3.8) is 0 Å². The molecule has 0 aliphatic rings. The molecular weight excluding hydrogens is 719 g/mol. The number of carbonyl (C=O) groups excluding carboxylic acids is 1. The van der Waals surface area contributed by atoms with Crippen LogP contribution in [0.15, 0.2) is 0 Å². The Labute approximate surface area is 349 Å². The van der Waals surface area contributed by atoms with Crippen LogP contribution < -0.4 is 5.32 Å². The standard InChI is InChI=1S/C47H97N2O6P/c1-6-8-10-12-14-16-18-20-22-24-25-26-28-30-32-34-36-38-40-46(50)45(44-55-56(52,53)54-43-42-49(3,4)5)48-47(51)41-39-37-35-33-31-29-27-23-21-19-17-15-13-11-9-7-2/h45-46,50H,6-44H2,1-5H3,(H-,48,51,52,53)/p+1. The number of aliphatic hydroxyl groups is 1. The minimum absolute atomic E-state index is 0.0788. The zero-order valence-electron chi connectivity index (χ0n) is 38.2. The summed E-state index contributed by atoms with van der Waals surface area (Å²) in [6.45, 7) is 4.92. The average Bonchev–Trinajstić information content (AvgIpc) is 3.15. The van der Waals surface area contributed by atoms with Crippen LogP contribution in [-0.2, 0) is 18.4 Å². The van der Waals surface area contributed by atoms with Crippen LogP contribution in [0.2, 0.25) is 0 Å². The molecule has 0 aromatic carbocycles. The van der Waals surface area contributed by atoms with Gasteiger partial charge in [-0.1, -0.05) is 226 Å². The third kappa shape index (κ3) is 41.7. The van der Waals surface area contributed by atoms with Gasteiger partial charge in [0.05, 0.1) is 39.9 Å². The number of aliphatic hydroxyl groups excluding tert-OH is 1. The molecule has 0 aromatic rings. The summed E-state index contributed by atoms with van der Waals surface area (Å²) in [6.07, 6.45) is 44.1. The number of hydrogen-bond acceptors (Lipinski definition) is 5. The van der Waals surface area contributed by atoms with Gasteiger partial charge in [-0.2, -0.15) is 0 Å².